The van der Waals surface area contributed by atoms with E-state index in [9.17, 15) is 15.8 Å². The molecule has 1 N–H and O–H groups in total. The summed E-state index contributed by atoms with van der Waals surface area (Å²) in [5.41, 5.74) is -3.30. The van der Waals surface area contributed by atoms with Crippen LogP contribution >= 0.6 is 0 Å². The topological polar surface area (TPSA) is 114 Å². The fraction of sp³-hybridized carbons (Fsp3) is 0.733. The maximum Gasteiger partial charge on any atom is 0.214 e. The number of unbranched alkanes of at least 4 members (excludes halogenated alkanes) is 1. The first kappa shape index (κ1) is 15.3. The molecular formula is C15H18N4O2. The Labute approximate surface area is 124 Å². The Morgan fingerprint density at radius 1 is 1.24 bits per heavy atom. The number of nitriles is 3. The highest BCUT2D eigenvalue weighted by Gasteiger charge is 2.77. The summed E-state index contributed by atoms with van der Waals surface area (Å²) in [6, 6.07) is 6.07. The molecule has 0 radical (unpaired) electrons. The van der Waals surface area contributed by atoms with Gasteiger partial charge in [0.15, 0.2) is 10.8 Å². The summed E-state index contributed by atoms with van der Waals surface area (Å²) in [5.74, 6) is -2.17. The minimum Gasteiger partial charge on any atom is -0.448 e. The lowest BCUT2D eigenvalue weighted by Crippen LogP contribution is -2.73. The van der Waals surface area contributed by atoms with Gasteiger partial charge in [0.25, 0.3) is 0 Å². The van der Waals surface area contributed by atoms with Gasteiger partial charge in [-0.1, -0.05) is 26.7 Å². The van der Waals surface area contributed by atoms with Crippen LogP contribution in [0.2, 0.25) is 0 Å². The van der Waals surface area contributed by atoms with Crippen LogP contribution in [0.15, 0.2) is 0 Å². The molecule has 0 aliphatic carbocycles. The fourth-order valence-corrected chi connectivity index (χ4v) is 3.45. The molecule has 3 saturated heterocycles. The van der Waals surface area contributed by atoms with Crippen molar-refractivity contribution >= 4 is 5.90 Å². The Bertz CT molecular complexity index is 582. The lowest BCUT2D eigenvalue weighted by molar-refractivity contribution is -0.336. The van der Waals surface area contributed by atoms with Crippen molar-refractivity contribution in [3.8, 4) is 18.2 Å². The third kappa shape index (κ3) is 1.56. The molecule has 3 rings (SSSR count). The monoisotopic (exact) mass is 286 g/mol. The van der Waals surface area contributed by atoms with Crippen LogP contribution in [-0.4, -0.2) is 17.8 Å². The van der Waals surface area contributed by atoms with Gasteiger partial charge < -0.3 is 9.47 Å². The molecular weight excluding hydrogens is 268 g/mol. The Balaban J connectivity index is 2.68. The smallest absolute Gasteiger partial charge is 0.214 e. The van der Waals surface area contributed by atoms with E-state index in [1.54, 1.807) is 13.8 Å². The zero-order chi connectivity index (χ0) is 15.9. The van der Waals surface area contributed by atoms with Crippen LogP contribution in [-0.2, 0) is 9.47 Å². The van der Waals surface area contributed by atoms with Gasteiger partial charge in [0.1, 0.15) is 0 Å². The third-order valence-electron chi connectivity index (χ3n) is 4.93. The predicted octanol–water partition coefficient (Wildman–Crippen LogP) is 2.48. The van der Waals surface area contributed by atoms with Gasteiger partial charge >= 0.3 is 0 Å². The van der Waals surface area contributed by atoms with Crippen molar-refractivity contribution in [2.75, 3.05) is 0 Å². The van der Waals surface area contributed by atoms with Crippen molar-refractivity contribution in [2.24, 2.45) is 16.7 Å². The Morgan fingerprint density at radius 2 is 1.86 bits per heavy atom. The van der Waals surface area contributed by atoms with Crippen LogP contribution in [0.5, 0.6) is 0 Å². The number of hydrogen-bond acceptors (Lipinski definition) is 6. The van der Waals surface area contributed by atoms with Crippen LogP contribution in [0, 0.1) is 56.2 Å². The van der Waals surface area contributed by atoms with E-state index in [2.05, 4.69) is 0 Å². The molecule has 3 heterocycles. The maximum atomic E-state index is 9.75. The Kier molecular flexibility index (Phi) is 3.44. The highest BCUT2D eigenvalue weighted by Crippen LogP contribution is 2.62. The molecule has 3 fully saturated rings. The normalized spacial score (nSPS) is 39.7. The van der Waals surface area contributed by atoms with Crippen molar-refractivity contribution in [1.82, 2.24) is 0 Å². The molecule has 4 atom stereocenters. The molecule has 0 aromatic rings. The molecule has 0 aromatic carbocycles. The molecule has 6 heteroatoms. The average Bonchev–Trinajstić information content (AvgIpc) is 2.47. The molecule has 0 saturated carbocycles. The maximum absolute atomic E-state index is 9.75. The molecule has 3 aliphatic heterocycles. The second kappa shape index (κ2) is 4.72. The van der Waals surface area contributed by atoms with Gasteiger partial charge in [-0.2, -0.15) is 15.8 Å². The van der Waals surface area contributed by atoms with E-state index >= 15 is 0 Å². The summed E-state index contributed by atoms with van der Waals surface area (Å²) in [6.07, 6.45) is 1.53. The number of ether oxygens (including phenoxy) is 2. The molecule has 0 aromatic heterocycles. The second-order valence-electron chi connectivity index (χ2n) is 5.87. The average molecular weight is 286 g/mol. The van der Waals surface area contributed by atoms with Crippen LogP contribution in [0.4, 0.5) is 0 Å². The summed E-state index contributed by atoms with van der Waals surface area (Å²) in [4.78, 5) is 0. The standard InChI is InChI=1S/C15H18N4O2/c1-4-5-6-11-15(9-18)12(19)21-13(3,20-11)10(2)14(15,7-16)8-17/h10-11,19H,4-6H2,1-3H3/t10-,11+,13-,15-/m0/s1. The number of nitrogens with one attached hydrogen (secondary N) is 1. The summed E-state index contributed by atoms with van der Waals surface area (Å²) in [5, 5.41) is 37.2. The van der Waals surface area contributed by atoms with Gasteiger partial charge in [-0.25, -0.2) is 0 Å². The molecule has 110 valence electrons. The second-order valence-corrected chi connectivity index (χ2v) is 5.87. The first-order valence-electron chi connectivity index (χ1n) is 7.08. The minimum absolute atomic E-state index is 0.318. The van der Waals surface area contributed by atoms with Crippen molar-refractivity contribution in [2.45, 2.75) is 51.9 Å². The van der Waals surface area contributed by atoms with Gasteiger partial charge in [-0.3, -0.25) is 5.41 Å². The Morgan fingerprint density at radius 3 is 2.33 bits per heavy atom. The van der Waals surface area contributed by atoms with E-state index in [0.29, 0.717) is 6.42 Å². The lowest BCUT2D eigenvalue weighted by atomic mass is 9.51. The minimum atomic E-state index is -1.66. The number of hydrogen-bond donors (Lipinski definition) is 1. The van der Waals surface area contributed by atoms with Gasteiger partial charge in [-0.15, -0.1) is 0 Å². The number of fused-ring (bicyclic) bond motifs is 3. The highest BCUT2D eigenvalue weighted by molar-refractivity contribution is 5.88. The quantitative estimate of drug-likeness (QED) is 0.856. The van der Waals surface area contributed by atoms with E-state index in [4.69, 9.17) is 14.9 Å². The van der Waals surface area contributed by atoms with E-state index < -0.39 is 28.6 Å². The summed E-state index contributed by atoms with van der Waals surface area (Å²) >= 11 is 0. The van der Waals surface area contributed by atoms with Crippen molar-refractivity contribution in [3.05, 3.63) is 0 Å². The van der Waals surface area contributed by atoms with Gasteiger partial charge in [0, 0.05) is 6.92 Å². The van der Waals surface area contributed by atoms with Crippen LogP contribution in [0.25, 0.3) is 0 Å². The molecule has 6 nitrogen and oxygen atoms in total. The summed E-state index contributed by atoms with van der Waals surface area (Å²) in [7, 11) is 0. The van der Waals surface area contributed by atoms with Gasteiger partial charge in [-0.05, 0) is 6.42 Å². The van der Waals surface area contributed by atoms with E-state index in [1.165, 1.54) is 0 Å². The summed E-state index contributed by atoms with van der Waals surface area (Å²) < 4.78 is 11.4. The zero-order valence-electron chi connectivity index (χ0n) is 12.4. The molecule has 0 spiro atoms. The van der Waals surface area contributed by atoms with Crippen LogP contribution in [0.1, 0.15) is 40.0 Å². The zero-order valence-corrected chi connectivity index (χ0v) is 12.4. The molecule has 0 amide bonds. The Hall–Kier alpha value is -2.10. The number of nitrogens with zero attached hydrogens (tertiary/aromatic N) is 3. The van der Waals surface area contributed by atoms with Gasteiger partial charge in [0.2, 0.25) is 11.7 Å². The number of rotatable bonds is 3. The lowest BCUT2D eigenvalue weighted by Gasteiger charge is -2.60. The SMILES string of the molecule is CCCC[C@H]1O[C@@]2(C)OC(=N)[C@@]1(C#N)C(C#N)(C#N)[C@H]2C. The summed E-state index contributed by atoms with van der Waals surface area (Å²) in [6.45, 7) is 5.31. The van der Waals surface area contributed by atoms with Crippen molar-refractivity contribution in [1.29, 1.82) is 21.2 Å². The first-order chi connectivity index (χ1) is 9.88. The molecule has 0 unspecified atom stereocenters. The van der Waals surface area contributed by atoms with Crippen molar-refractivity contribution < 1.29 is 9.47 Å². The largest absolute Gasteiger partial charge is 0.448 e. The molecule has 2 bridgehead atoms. The van der Waals surface area contributed by atoms with Crippen LogP contribution in [0.3, 0.4) is 0 Å². The van der Waals surface area contributed by atoms with Gasteiger partial charge in [0.05, 0.1) is 30.2 Å². The first-order valence-corrected chi connectivity index (χ1v) is 7.08. The van der Waals surface area contributed by atoms with Crippen LogP contribution < -0.4 is 0 Å². The molecule has 3 aliphatic rings. The highest BCUT2D eigenvalue weighted by atomic mass is 16.7. The molecule has 21 heavy (non-hydrogen) atoms. The predicted molar refractivity (Wildman–Crippen MR) is 72.5 cm³/mol. The van der Waals surface area contributed by atoms with E-state index in [-0.39, 0.29) is 5.90 Å². The van der Waals surface area contributed by atoms with E-state index in [0.717, 1.165) is 12.8 Å². The fourth-order valence-electron chi connectivity index (χ4n) is 3.45. The third-order valence-corrected chi connectivity index (χ3v) is 4.93. The van der Waals surface area contributed by atoms with E-state index in [1.807, 2.05) is 25.1 Å². The van der Waals surface area contributed by atoms with Crippen molar-refractivity contribution in [3.63, 3.8) is 0 Å².